The maximum Gasteiger partial charge on any atom is 0.0477 e. The molecule has 1 saturated heterocycles. The molecule has 3 unspecified atom stereocenters. The van der Waals surface area contributed by atoms with Gasteiger partial charge in [-0.2, -0.15) is 0 Å². The Morgan fingerprint density at radius 3 is 2.76 bits per heavy atom. The number of rotatable bonds is 7. The highest BCUT2D eigenvalue weighted by molar-refractivity contribution is 5.20. The predicted octanol–water partition coefficient (Wildman–Crippen LogP) is 3.23. The zero-order valence-electron chi connectivity index (χ0n) is 13.7. The van der Waals surface area contributed by atoms with Gasteiger partial charge < -0.3 is 10.1 Å². The molecule has 0 aliphatic carbocycles. The Morgan fingerprint density at radius 2 is 2.10 bits per heavy atom. The molecule has 0 bridgehead atoms. The summed E-state index contributed by atoms with van der Waals surface area (Å²) in [5.41, 5.74) is 1.42. The Labute approximate surface area is 129 Å². The molecule has 3 atom stereocenters. The number of benzene rings is 1. The van der Waals surface area contributed by atoms with Crippen LogP contribution < -0.4 is 5.32 Å². The summed E-state index contributed by atoms with van der Waals surface area (Å²) in [5.74, 6) is 0. The van der Waals surface area contributed by atoms with Crippen LogP contribution in [-0.2, 0) is 4.74 Å². The first kappa shape index (κ1) is 16.5. The van der Waals surface area contributed by atoms with Crippen molar-refractivity contribution in [2.75, 3.05) is 26.8 Å². The number of hydrogen-bond acceptors (Lipinski definition) is 3. The van der Waals surface area contributed by atoms with Crippen molar-refractivity contribution in [2.45, 2.75) is 51.2 Å². The molecule has 3 heteroatoms. The number of piperazine rings is 1. The fourth-order valence-electron chi connectivity index (χ4n) is 3.31. The van der Waals surface area contributed by atoms with Gasteiger partial charge in [-0.3, -0.25) is 4.90 Å². The number of hydrogen-bond donors (Lipinski definition) is 1. The van der Waals surface area contributed by atoms with Crippen molar-refractivity contribution in [2.24, 2.45) is 0 Å². The van der Waals surface area contributed by atoms with E-state index in [1.54, 1.807) is 7.11 Å². The van der Waals surface area contributed by atoms with E-state index in [1.807, 2.05) is 0 Å². The first-order chi connectivity index (χ1) is 10.3. The smallest absolute Gasteiger partial charge is 0.0477 e. The first-order valence-corrected chi connectivity index (χ1v) is 8.29. The van der Waals surface area contributed by atoms with E-state index < -0.39 is 0 Å². The van der Waals surface area contributed by atoms with Gasteiger partial charge in [0.05, 0.1) is 0 Å². The molecule has 0 aromatic heterocycles. The Morgan fingerprint density at radius 1 is 1.33 bits per heavy atom. The van der Waals surface area contributed by atoms with Crippen molar-refractivity contribution in [3.05, 3.63) is 35.9 Å². The van der Waals surface area contributed by atoms with E-state index in [0.29, 0.717) is 18.1 Å². The molecule has 0 saturated carbocycles. The fourth-order valence-corrected chi connectivity index (χ4v) is 3.31. The van der Waals surface area contributed by atoms with Gasteiger partial charge in [0.2, 0.25) is 0 Å². The van der Waals surface area contributed by atoms with Crippen LogP contribution in [0.2, 0.25) is 0 Å². The molecule has 1 aliphatic heterocycles. The van der Waals surface area contributed by atoms with Gasteiger partial charge >= 0.3 is 0 Å². The highest BCUT2D eigenvalue weighted by Crippen LogP contribution is 2.27. The summed E-state index contributed by atoms with van der Waals surface area (Å²) in [7, 11) is 1.79. The molecule has 1 aliphatic rings. The van der Waals surface area contributed by atoms with Crippen LogP contribution in [0.25, 0.3) is 0 Å². The Balaban J connectivity index is 2.09. The van der Waals surface area contributed by atoms with E-state index in [1.165, 1.54) is 18.4 Å². The van der Waals surface area contributed by atoms with Gasteiger partial charge in [0.15, 0.2) is 0 Å². The molecule has 1 aromatic rings. The molecule has 1 fully saturated rings. The third kappa shape index (κ3) is 4.53. The van der Waals surface area contributed by atoms with Crippen molar-refractivity contribution in [3.63, 3.8) is 0 Å². The largest absolute Gasteiger partial charge is 0.385 e. The third-order valence-corrected chi connectivity index (χ3v) is 4.56. The minimum atomic E-state index is 0.478. The van der Waals surface area contributed by atoms with Crippen molar-refractivity contribution >= 4 is 0 Å². The van der Waals surface area contributed by atoms with E-state index in [-0.39, 0.29) is 0 Å². The molecule has 1 N–H and O–H groups in total. The molecule has 2 rings (SSSR count). The predicted molar refractivity (Wildman–Crippen MR) is 88.5 cm³/mol. The van der Waals surface area contributed by atoms with Crippen LogP contribution in [-0.4, -0.2) is 43.8 Å². The summed E-state index contributed by atoms with van der Waals surface area (Å²) >= 11 is 0. The average molecular weight is 290 g/mol. The first-order valence-electron chi connectivity index (χ1n) is 8.29. The second-order valence-electron chi connectivity index (χ2n) is 6.15. The summed E-state index contributed by atoms with van der Waals surface area (Å²) in [6.45, 7) is 7.63. The lowest BCUT2D eigenvalue weighted by molar-refractivity contribution is 0.0655. The number of nitrogens with one attached hydrogen (secondary N) is 1. The quantitative estimate of drug-likeness (QED) is 0.834. The lowest BCUT2D eigenvalue weighted by Gasteiger charge is -2.44. The lowest BCUT2D eigenvalue weighted by Crippen LogP contribution is -2.55. The topological polar surface area (TPSA) is 24.5 Å². The second kappa shape index (κ2) is 8.52. The van der Waals surface area contributed by atoms with Gasteiger partial charge in [0, 0.05) is 44.9 Å². The minimum Gasteiger partial charge on any atom is -0.385 e. The van der Waals surface area contributed by atoms with Crippen LogP contribution in [0, 0.1) is 0 Å². The Bertz CT molecular complexity index is 395. The summed E-state index contributed by atoms with van der Waals surface area (Å²) in [4.78, 5) is 2.67. The van der Waals surface area contributed by atoms with Crippen molar-refractivity contribution in [1.82, 2.24) is 10.2 Å². The minimum absolute atomic E-state index is 0.478. The van der Waals surface area contributed by atoms with Crippen molar-refractivity contribution < 1.29 is 4.74 Å². The van der Waals surface area contributed by atoms with Gasteiger partial charge in [0.1, 0.15) is 0 Å². The summed E-state index contributed by atoms with van der Waals surface area (Å²) < 4.78 is 5.28. The van der Waals surface area contributed by atoms with E-state index >= 15 is 0 Å². The van der Waals surface area contributed by atoms with E-state index in [0.717, 1.165) is 26.1 Å². The van der Waals surface area contributed by atoms with Gasteiger partial charge in [-0.05, 0) is 25.3 Å². The molecule has 0 amide bonds. The van der Waals surface area contributed by atoms with E-state index in [4.69, 9.17) is 4.74 Å². The monoisotopic (exact) mass is 290 g/mol. The molecule has 21 heavy (non-hydrogen) atoms. The van der Waals surface area contributed by atoms with E-state index in [2.05, 4.69) is 54.4 Å². The van der Waals surface area contributed by atoms with Gasteiger partial charge in [-0.25, -0.2) is 0 Å². The van der Waals surface area contributed by atoms with Gasteiger partial charge in [-0.15, -0.1) is 0 Å². The molecular weight excluding hydrogens is 260 g/mol. The molecule has 1 aromatic carbocycles. The normalized spacial score (nSPS) is 24.9. The number of ether oxygens (including phenoxy) is 1. The maximum absolute atomic E-state index is 5.28. The fraction of sp³-hybridized carbons (Fsp3) is 0.667. The van der Waals surface area contributed by atoms with E-state index in [9.17, 15) is 0 Å². The summed E-state index contributed by atoms with van der Waals surface area (Å²) in [5, 5.41) is 3.74. The third-order valence-electron chi connectivity index (χ3n) is 4.56. The molecule has 3 nitrogen and oxygen atoms in total. The van der Waals surface area contributed by atoms with Crippen LogP contribution in [0.3, 0.4) is 0 Å². The average Bonchev–Trinajstić information content (AvgIpc) is 2.53. The number of nitrogens with zero attached hydrogens (tertiary/aromatic N) is 1. The highest BCUT2D eigenvalue weighted by Gasteiger charge is 2.31. The molecule has 0 radical (unpaired) electrons. The SMILES string of the molecule is CCCC1CN(C(C)CCOC)C(c2ccccc2)CN1. The number of methoxy groups -OCH3 is 1. The van der Waals surface area contributed by atoms with Gasteiger partial charge in [-0.1, -0.05) is 43.7 Å². The molecule has 118 valence electrons. The van der Waals surface area contributed by atoms with Crippen LogP contribution in [0.1, 0.15) is 44.7 Å². The van der Waals surface area contributed by atoms with Crippen molar-refractivity contribution in [1.29, 1.82) is 0 Å². The van der Waals surface area contributed by atoms with Gasteiger partial charge in [0.25, 0.3) is 0 Å². The second-order valence-corrected chi connectivity index (χ2v) is 6.15. The Hall–Kier alpha value is -0.900. The van der Waals surface area contributed by atoms with Crippen LogP contribution in [0.4, 0.5) is 0 Å². The standard InChI is InChI=1S/C18H30N2O/c1-4-8-17-14-20(15(2)11-12-21-3)18(13-19-17)16-9-6-5-7-10-16/h5-7,9-10,15,17-19H,4,8,11-14H2,1-3H3. The zero-order valence-corrected chi connectivity index (χ0v) is 13.7. The lowest BCUT2D eigenvalue weighted by atomic mass is 9.97. The van der Waals surface area contributed by atoms with Crippen LogP contribution >= 0.6 is 0 Å². The molecular formula is C18H30N2O. The zero-order chi connectivity index (χ0) is 15.1. The van der Waals surface area contributed by atoms with Crippen LogP contribution in [0.5, 0.6) is 0 Å². The van der Waals surface area contributed by atoms with Crippen LogP contribution in [0.15, 0.2) is 30.3 Å². The molecule has 1 heterocycles. The maximum atomic E-state index is 5.28. The molecule has 0 spiro atoms. The Kier molecular flexibility index (Phi) is 6.68. The van der Waals surface area contributed by atoms with Crippen molar-refractivity contribution in [3.8, 4) is 0 Å². The summed E-state index contributed by atoms with van der Waals surface area (Å²) in [6, 6.07) is 12.5. The highest BCUT2D eigenvalue weighted by atomic mass is 16.5. The summed E-state index contributed by atoms with van der Waals surface area (Å²) in [6.07, 6.45) is 3.60.